The van der Waals surface area contributed by atoms with Crippen molar-refractivity contribution in [3.05, 3.63) is 34.9 Å². The summed E-state index contributed by atoms with van der Waals surface area (Å²) in [6.45, 7) is 5.75. The molecule has 2 atom stereocenters. The number of aliphatic carboxylic acids is 1. The lowest BCUT2D eigenvalue weighted by molar-refractivity contribution is -0.144. The lowest BCUT2D eigenvalue weighted by Gasteiger charge is -2.36. The molecule has 1 aromatic carbocycles. The molecule has 1 aromatic rings. The van der Waals surface area contributed by atoms with Crippen LogP contribution in [0.2, 0.25) is 0 Å². The number of piperidine rings is 1. The van der Waals surface area contributed by atoms with E-state index in [1.807, 2.05) is 25.1 Å². The molecule has 0 aromatic heterocycles. The van der Waals surface area contributed by atoms with Gasteiger partial charge in [0.15, 0.2) is 0 Å². The van der Waals surface area contributed by atoms with Crippen LogP contribution in [0, 0.1) is 24.2 Å². The van der Waals surface area contributed by atoms with Gasteiger partial charge in [0.05, 0.1) is 17.6 Å². The fourth-order valence-corrected chi connectivity index (χ4v) is 2.84. The maximum atomic E-state index is 11.0. The number of carboxylic acids is 1. The van der Waals surface area contributed by atoms with Crippen molar-refractivity contribution in [2.75, 3.05) is 6.54 Å². The molecule has 4 heteroatoms. The molecule has 1 N–H and O–H groups in total. The van der Waals surface area contributed by atoms with E-state index in [1.165, 1.54) is 5.56 Å². The first kappa shape index (κ1) is 14.5. The van der Waals surface area contributed by atoms with E-state index in [0.717, 1.165) is 25.1 Å². The number of hydrogen-bond acceptors (Lipinski definition) is 3. The van der Waals surface area contributed by atoms with Crippen molar-refractivity contribution in [2.24, 2.45) is 5.92 Å². The van der Waals surface area contributed by atoms with E-state index in [9.17, 15) is 4.79 Å². The monoisotopic (exact) mass is 272 g/mol. The molecule has 0 radical (unpaired) electrons. The van der Waals surface area contributed by atoms with Gasteiger partial charge in [-0.3, -0.25) is 9.69 Å². The smallest absolute Gasteiger partial charge is 0.306 e. The minimum Gasteiger partial charge on any atom is -0.481 e. The standard InChI is InChI=1S/C16H20N2O2/c1-11-7-13(9-17)3-4-15(11)10-18-6-5-14(16(19)20)8-12(18)2/h3-4,7,12,14H,5-6,8,10H2,1-2H3,(H,19,20). The van der Waals surface area contributed by atoms with Crippen LogP contribution >= 0.6 is 0 Å². The highest BCUT2D eigenvalue weighted by atomic mass is 16.4. The molecule has 106 valence electrons. The Morgan fingerprint density at radius 2 is 2.30 bits per heavy atom. The molecular weight excluding hydrogens is 252 g/mol. The van der Waals surface area contributed by atoms with Crippen molar-refractivity contribution in [2.45, 2.75) is 39.3 Å². The third kappa shape index (κ3) is 3.17. The molecule has 0 aliphatic carbocycles. The van der Waals surface area contributed by atoms with Crippen molar-refractivity contribution in [1.29, 1.82) is 5.26 Å². The summed E-state index contributed by atoms with van der Waals surface area (Å²) >= 11 is 0. The van der Waals surface area contributed by atoms with E-state index >= 15 is 0 Å². The molecule has 0 saturated carbocycles. The molecule has 20 heavy (non-hydrogen) atoms. The van der Waals surface area contributed by atoms with Crippen molar-refractivity contribution in [3.8, 4) is 6.07 Å². The Kier molecular flexibility index (Phi) is 4.41. The van der Waals surface area contributed by atoms with Gasteiger partial charge in [0.2, 0.25) is 0 Å². The predicted molar refractivity (Wildman–Crippen MR) is 76.1 cm³/mol. The molecule has 0 amide bonds. The molecule has 0 spiro atoms. The number of hydrogen-bond donors (Lipinski definition) is 1. The summed E-state index contributed by atoms with van der Waals surface area (Å²) in [7, 11) is 0. The lowest BCUT2D eigenvalue weighted by atomic mass is 9.91. The first-order valence-corrected chi connectivity index (χ1v) is 6.97. The van der Waals surface area contributed by atoms with Gasteiger partial charge in [-0.1, -0.05) is 6.07 Å². The number of aryl methyl sites for hydroxylation is 1. The zero-order valence-electron chi connectivity index (χ0n) is 12.0. The highest BCUT2D eigenvalue weighted by Gasteiger charge is 2.29. The summed E-state index contributed by atoms with van der Waals surface area (Å²) in [5.41, 5.74) is 3.02. The first-order chi connectivity index (χ1) is 9.51. The Labute approximate surface area is 119 Å². The molecule has 1 fully saturated rings. The van der Waals surface area contributed by atoms with Crippen LogP contribution in [0.25, 0.3) is 0 Å². The first-order valence-electron chi connectivity index (χ1n) is 6.97. The van der Waals surface area contributed by atoms with Crippen LogP contribution in [-0.2, 0) is 11.3 Å². The summed E-state index contributed by atoms with van der Waals surface area (Å²) in [5, 5.41) is 18.0. The SMILES string of the molecule is Cc1cc(C#N)ccc1CN1CCC(C(=O)O)CC1C. The largest absolute Gasteiger partial charge is 0.481 e. The van der Waals surface area contributed by atoms with Gasteiger partial charge in [-0.25, -0.2) is 0 Å². The highest BCUT2D eigenvalue weighted by Crippen LogP contribution is 2.25. The van der Waals surface area contributed by atoms with Crippen molar-refractivity contribution in [3.63, 3.8) is 0 Å². The summed E-state index contributed by atoms with van der Waals surface area (Å²) in [6, 6.07) is 8.18. The van der Waals surface area contributed by atoms with Crippen LogP contribution in [0.4, 0.5) is 0 Å². The van der Waals surface area contributed by atoms with E-state index in [1.54, 1.807) is 0 Å². The van der Waals surface area contributed by atoms with Gasteiger partial charge < -0.3 is 5.11 Å². The normalized spacial score (nSPS) is 23.2. The van der Waals surface area contributed by atoms with Crippen LogP contribution in [0.15, 0.2) is 18.2 Å². The molecule has 4 nitrogen and oxygen atoms in total. The number of likely N-dealkylation sites (tertiary alicyclic amines) is 1. The van der Waals surface area contributed by atoms with Gasteiger partial charge in [0, 0.05) is 12.6 Å². The van der Waals surface area contributed by atoms with Crippen LogP contribution in [0.1, 0.15) is 36.5 Å². The van der Waals surface area contributed by atoms with Crippen molar-refractivity contribution in [1.82, 2.24) is 4.90 Å². The third-order valence-corrected chi connectivity index (χ3v) is 4.21. The average molecular weight is 272 g/mol. The summed E-state index contributed by atoms with van der Waals surface area (Å²) in [5.74, 6) is -0.880. The van der Waals surface area contributed by atoms with Gasteiger partial charge in [0.1, 0.15) is 0 Å². The molecule has 2 unspecified atom stereocenters. The average Bonchev–Trinajstić information content (AvgIpc) is 2.42. The Hall–Kier alpha value is -1.86. The Morgan fingerprint density at radius 3 is 2.85 bits per heavy atom. The molecule has 1 aliphatic heterocycles. The molecule has 1 heterocycles. The second-order valence-corrected chi connectivity index (χ2v) is 5.63. The van der Waals surface area contributed by atoms with E-state index in [0.29, 0.717) is 12.0 Å². The maximum Gasteiger partial charge on any atom is 0.306 e. The quantitative estimate of drug-likeness (QED) is 0.918. The topological polar surface area (TPSA) is 64.3 Å². The maximum absolute atomic E-state index is 11.0. The number of benzene rings is 1. The zero-order chi connectivity index (χ0) is 14.7. The van der Waals surface area contributed by atoms with E-state index in [2.05, 4.69) is 17.9 Å². The third-order valence-electron chi connectivity index (χ3n) is 4.21. The van der Waals surface area contributed by atoms with E-state index in [-0.39, 0.29) is 12.0 Å². The Bertz CT molecular complexity index is 548. The second kappa shape index (κ2) is 6.06. The zero-order valence-corrected chi connectivity index (χ0v) is 12.0. The van der Waals surface area contributed by atoms with Crippen LogP contribution < -0.4 is 0 Å². The van der Waals surface area contributed by atoms with Gasteiger partial charge in [0.25, 0.3) is 0 Å². The molecular formula is C16H20N2O2. The molecule has 2 rings (SSSR count). The number of carbonyl (C=O) groups is 1. The number of carboxylic acid groups (broad SMARTS) is 1. The van der Waals surface area contributed by atoms with Gasteiger partial charge in [-0.15, -0.1) is 0 Å². The van der Waals surface area contributed by atoms with Crippen molar-refractivity contribution >= 4 is 5.97 Å². The Morgan fingerprint density at radius 1 is 1.55 bits per heavy atom. The summed E-state index contributed by atoms with van der Waals surface area (Å²) in [4.78, 5) is 13.4. The fraction of sp³-hybridized carbons (Fsp3) is 0.500. The van der Waals surface area contributed by atoms with Gasteiger partial charge >= 0.3 is 5.97 Å². The fourth-order valence-electron chi connectivity index (χ4n) is 2.84. The number of rotatable bonds is 3. The van der Waals surface area contributed by atoms with E-state index in [4.69, 9.17) is 10.4 Å². The summed E-state index contributed by atoms with van der Waals surface area (Å²) in [6.07, 6.45) is 1.43. The minimum atomic E-state index is -0.675. The summed E-state index contributed by atoms with van der Waals surface area (Å²) < 4.78 is 0. The Balaban J connectivity index is 2.04. The highest BCUT2D eigenvalue weighted by molar-refractivity contribution is 5.70. The van der Waals surface area contributed by atoms with Crippen molar-refractivity contribution < 1.29 is 9.90 Å². The number of nitrogens with zero attached hydrogens (tertiary/aromatic N) is 2. The number of nitriles is 1. The molecule has 1 saturated heterocycles. The predicted octanol–water partition coefficient (Wildman–Crippen LogP) is 2.55. The van der Waals surface area contributed by atoms with E-state index < -0.39 is 5.97 Å². The molecule has 1 aliphatic rings. The van der Waals surface area contributed by atoms with Crippen LogP contribution in [0.3, 0.4) is 0 Å². The van der Waals surface area contributed by atoms with Crippen LogP contribution in [-0.4, -0.2) is 28.6 Å². The van der Waals surface area contributed by atoms with Gasteiger partial charge in [-0.05, 0) is 56.5 Å². The minimum absolute atomic E-state index is 0.205. The van der Waals surface area contributed by atoms with Gasteiger partial charge in [-0.2, -0.15) is 5.26 Å². The lowest BCUT2D eigenvalue weighted by Crippen LogP contribution is -2.42. The van der Waals surface area contributed by atoms with Crippen LogP contribution in [0.5, 0.6) is 0 Å². The second-order valence-electron chi connectivity index (χ2n) is 5.63. The molecule has 0 bridgehead atoms.